The van der Waals surface area contributed by atoms with Crippen LogP contribution in [0.2, 0.25) is 0 Å². The van der Waals surface area contributed by atoms with Gasteiger partial charge < -0.3 is 15.7 Å². The highest BCUT2D eigenvalue weighted by Gasteiger charge is 2.24. The maximum absolute atomic E-state index is 11.8. The molecule has 1 heterocycles. The van der Waals surface area contributed by atoms with Crippen LogP contribution in [0.25, 0.3) is 0 Å². The van der Waals surface area contributed by atoms with Crippen molar-refractivity contribution in [1.82, 2.24) is 15.6 Å². The number of carbonyl (C=O) groups is 1. The fourth-order valence-electron chi connectivity index (χ4n) is 2.25. The SMILES string of the molecule is CCc1cnc(CNC(=O)N[C@H]2CCCC[C@@H]2O)s1. The summed E-state index contributed by atoms with van der Waals surface area (Å²) in [5.41, 5.74) is 0. The molecule has 6 heteroatoms. The number of aliphatic hydroxyl groups is 1. The van der Waals surface area contributed by atoms with Crippen molar-refractivity contribution in [2.45, 2.75) is 57.7 Å². The van der Waals surface area contributed by atoms with Crippen molar-refractivity contribution in [3.8, 4) is 0 Å². The minimum absolute atomic E-state index is 0.115. The van der Waals surface area contributed by atoms with Gasteiger partial charge in [-0.3, -0.25) is 0 Å². The number of aromatic nitrogens is 1. The molecule has 5 nitrogen and oxygen atoms in total. The van der Waals surface area contributed by atoms with Gasteiger partial charge >= 0.3 is 6.03 Å². The Bertz CT molecular complexity index is 422. The molecule has 0 aromatic carbocycles. The molecule has 1 aliphatic carbocycles. The Hall–Kier alpha value is -1.14. The molecule has 0 aliphatic heterocycles. The predicted molar refractivity (Wildman–Crippen MR) is 75.1 cm³/mol. The van der Waals surface area contributed by atoms with E-state index in [0.29, 0.717) is 6.54 Å². The van der Waals surface area contributed by atoms with Crippen LogP contribution in [-0.4, -0.2) is 28.3 Å². The van der Waals surface area contributed by atoms with Crippen LogP contribution in [0.3, 0.4) is 0 Å². The third-order valence-corrected chi connectivity index (χ3v) is 4.54. The Morgan fingerprint density at radius 2 is 2.32 bits per heavy atom. The van der Waals surface area contributed by atoms with Gasteiger partial charge in [0, 0.05) is 11.1 Å². The molecule has 0 bridgehead atoms. The molecule has 0 unspecified atom stereocenters. The van der Waals surface area contributed by atoms with E-state index in [1.807, 2.05) is 6.20 Å². The van der Waals surface area contributed by atoms with Gasteiger partial charge in [-0.1, -0.05) is 19.8 Å². The van der Waals surface area contributed by atoms with Crippen LogP contribution in [0.5, 0.6) is 0 Å². The van der Waals surface area contributed by atoms with E-state index in [0.717, 1.165) is 37.1 Å². The highest BCUT2D eigenvalue weighted by atomic mass is 32.1. The van der Waals surface area contributed by atoms with Crippen LogP contribution in [0.15, 0.2) is 6.20 Å². The lowest BCUT2D eigenvalue weighted by Crippen LogP contribution is -2.48. The molecule has 1 aromatic rings. The molecule has 2 atom stereocenters. The maximum Gasteiger partial charge on any atom is 0.315 e. The zero-order valence-electron chi connectivity index (χ0n) is 11.2. The van der Waals surface area contributed by atoms with Gasteiger partial charge in [0.15, 0.2) is 0 Å². The van der Waals surface area contributed by atoms with Crippen molar-refractivity contribution in [3.63, 3.8) is 0 Å². The second kappa shape index (κ2) is 6.86. The van der Waals surface area contributed by atoms with Crippen LogP contribution in [-0.2, 0) is 13.0 Å². The van der Waals surface area contributed by atoms with E-state index in [1.54, 1.807) is 11.3 Å². The largest absolute Gasteiger partial charge is 0.391 e. The number of hydrogen-bond donors (Lipinski definition) is 3. The first-order valence-electron chi connectivity index (χ1n) is 6.85. The molecular weight excluding hydrogens is 262 g/mol. The molecule has 1 aromatic heterocycles. The Kier molecular flexibility index (Phi) is 5.15. The quantitative estimate of drug-likeness (QED) is 0.789. The summed E-state index contributed by atoms with van der Waals surface area (Å²) in [5, 5.41) is 16.3. The van der Waals surface area contributed by atoms with Crippen molar-refractivity contribution >= 4 is 17.4 Å². The van der Waals surface area contributed by atoms with Crippen molar-refractivity contribution in [3.05, 3.63) is 16.1 Å². The summed E-state index contributed by atoms with van der Waals surface area (Å²) in [7, 11) is 0. The first-order valence-corrected chi connectivity index (χ1v) is 7.66. The Balaban J connectivity index is 1.74. The summed E-state index contributed by atoms with van der Waals surface area (Å²) < 4.78 is 0. The third kappa shape index (κ3) is 4.18. The number of nitrogens with one attached hydrogen (secondary N) is 2. The van der Waals surface area contributed by atoms with Crippen molar-refractivity contribution < 1.29 is 9.90 Å². The second-order valence-electron chi connectivity index (χ2n) is 4.86. The van der Waals surface area contributed by atoms with Crippen LogP contribution in [0.1, 0.15) is 42.5 Å². The van der Waals surface area contributed by atoms with E-state index >= 15 is 0 Å². The van der Waals surface area contributed by atoms with Crippen LogP contribution >= 0.6 is 11.3 Å². The standard InChI is InChI=1S/C13H21N3O2S/c1-2-9-7-14-12(19-9)8-15-13(18)16-10-5-3-4-6-11(10)17/h7,10-11,17H,2-6,8H2,1H3,(H2,15,16,18)/t10-,11-/m0/s1. The van der Waals surface area contributed by atoms with E-state index < -0.39 is 6.10 Å². The number of urea groups is 1. The lowest BCUT2D eigenvalue weighted by Gasteiger charge is -2.28. The van der Waals surface area contributed by atoms with Gasteiger partial charge in [-0.05, 0) is 19.3 Å². The number of aryl methyl sites for hydroxylation is 1. The molecule has 2 amide bonds. The fourth-order valence-corrected chi connectivity index (χ4v) is 3.05. The lowest BCUT2D eigenvalue weighted by atomic mass is 9.93. The molecule has 19 heavy (non-hydrogen) atoms. The maximum atomic E-state index is 11.8. The first kappa shape index (κ1) is 14.3. The topological polar surface area (TPSA) is 74.2 Å². The van der Waals surface area contributed by atoms with E-state index in [4.69, 9.17) is 0 Å². The number of nitrogens with zero attached hydrogens (tertiary/aromatic N) is 1. The van der Waals surface area contributed by atoms with Crippen molar-refractivity contribution in [1.29, 1.82) is 0 Å². The van der Waals surface area contributed by atoms with Gasteiger partial charge in [-0.2, -0.15) is 0 Å². The van der Waals surface area contributed by atoms with Crippen molar-refractivity contribution in [2.75, 3.05) is 0 Å². The van der Waals surface area contributed by atoms with Gasteiger partial charge in [0.1, 0.15) is 5.01 Å². The van der Waals surface area contributed by atoms with Crippen molar-refractivity contribution in [2.24, 2.45) is 0 Å². The number of aliphatic hydroxyl groups excluding tert-OH is 1. The number of thiazole rings is 1. The predicted octanol–water partition coefficient (Wildman–Crippen LogP) is 1.81. The smallest absolute Gasteiger partial charge is 0.315 e. The monoisotopic (exact) mass is 283 g/mol. The molecule has 1 fully saturated rings. The highest BCUT2D eigenvalue weighted by molar-refractivity contribution is 7.11. The average molecular weight is 283 g/mol. The molecule has 0 spiro atoms. The third-order valence-electron chi connectivity index (χ3n) is 3.40. The van der Waals surface area contributed by atoms with Gasteiger partial charge in [-0.25, -0.2) is 9.78 Å². The zero-order valence-corrected chi connectivity index (χ0v) is 12.0. The average Bonchev–Trinajstić information content (AvgIpc) is 2.87. The molecule has 0 radical (unpaired) electrons. The van der Waals surface area contributed by atoms with Crippen LogP contribution < -0.4 is 10.6 Å². The highest BCUT2D eigenvalue weighted by Crippen LogP contribution is 2.18. The lowest BCUT2D eigenvalue weighted by molar-refractivity contribution is 0.0943. The number of amides is 2. The van der Waals surface area contributed by atoms with Crippen LogP contribution in [0, 0.1) is 0 Å². The summed E-state index contributed by atoms with van der Waals surface area (Å²) in [6.07, 6.45) is 6.14. The number of rotatable bonds is 4. The molecule has 0 saturated heterocycles. The van der Waals surface area contributed by atoms with Crippen LogP contribution in [0.4, 0.5) is 4.79 Å². The number of carbonyl (C=O) groups excluding carboxylic acids is 1. The molecule has 1 aliphatic rings. The zero-order chi connectivity index (χ0) is 13.7. The minimum atomic E-state index is -0.411. The summed E-state index contributed by atoms with van der Waals surface area (Å²) in [6.45, 7) is 2.53. The van der Waals surface area contributed by atoms with Gasteiger partial charge in [0.2, 0.25) is 0 Å². The van der Waals surface area contributed by atoms with Gasteiger partial charge in [0.05, 0.1) is 18.7 Å². The normalized spacial score (nSPS) is 23.1. The first-order chi connectivity index (χ1) is 9.19. The van der Waals surface area contributed by atoms with E-state index in [-0.39, 0.29) is 12.1 Å². The van der Waals surface area contributed by atoms with E-state index in [1.165, 1.54) is 4.88 Å². The molecule has 2 rings (SSSR count). The fraction of sp³-hybridized carbons (Fsp3) is 0.692. The Morgan fingerprint density at radius 1 is 1.53 bits per heavy atom. The molecule has 106 valence electrons. The summed E-state index contributed by atoms with van der Waals surface area (Å²) in [4.78, 5) is 17.2. The molecule has 1 saturated carbocycles. The summed E-state index contributed by atoms with van der Waals surface area (Å²) >= 11 is 1.62. The number of hydrogen-bond acceptors (Lipinski definition) is 4. The second-order valence-corrected chi connectivity index (χ2v) is 6.06. The molecular formula is C13H21N3O2S. The Labute approximate surface area is 117 Å². The van der Waals surface area contributed by atoms with Gasteiger partial charge in [0.25, 0.3) is 0 Å². The van der Waals surface area contributed by atoms with E-state index in [2.05, 4.69) is 22.5 Å². The summed E-state index contributed by atoms with van der Waals surface area (Å²) in [6, 6.07) is -0.338. The Morgan fingerprint density at radius 3 is 3.00 bits per heavy atom. The molecule has 3 N–H and O–H groups in total. The minimum Gasteiger partial charge on any atom is -0.391 e. The summed E-state index contributed by atoms with van der Waals surface area (Å²) in [5.74, 6) is 0. The van der Waals surface area contributed by atoms with Gasteiger partial charge in [-0.15, -0.1) is 11.3 Å². The van der Waals surface area contributed by atoms with E-state index in [9.17, 15) is 9.90 Å².